The predicted molar refractivity (Wildman–Crippen MR) is 63.9 cm³/mol. The summed E-state index contributed by atoms with van der Waals surface area (Å²) < 4.78 is 13.4. The molecule has 0 spiro atoms. The van der Waals surface area contributed by atoms with Gasteiger partial charge in [-0.2, -0.15) is 0 Å². The van der Waals surface area contributed by atoms with E-state index >= 15 is 0 Å². The van der Waals surface area contributed by atoms with Crippen molar-refractivity contribution >= 4 is 5.82 Å². The Hall–Kier alpha value is -1.12. The third-order valence-corrected chi connectivity index (χ3v) is 3.46. The van der Waals surface area contributed by atoms with E-state index in [4.69, 9.17) is 0 Å². The maximum absolute atomic E-state index is 13.4. The number of aromatic nitrogens is 1. The first-order valence-electron chi connectivity index (χ1n) is 6.16. The van der Waals surface area contributed by atoms with E-state index in [1.165, 1.54) is 25.3 Å². The lowest BCUT2D eigenvalue weighted by Crippen LogP contribution is -2.27. The Morgan fingerprint density at radius 2 is 2.38 bits per heavy atom. The summed E-state index contributed by atoms with van der Waals surface area (Å²) in [7, 11) is 0. The van der Waals surface area contributed by atoms with Gasteiger partial charge in [0.15, 0.2) is 11.6 Å². The molecule has 2 nitrogen and oxygen atoms in total. The van der Waals surface area contributed by atoms with E-state index in [2.05, 4.69) is 17.2 Å². The van der Waals surface area contributed by atoms with Crippen molar-refractivity contribution in [2.75, 3.05) is 5.32 Å². The number of nitrogens with one attached hydrogen (secondary N) is 1. The molecule has 16 heavy (non-hydrogen) atoms. The minimum atomic E-state index is -0.249. The van der Waals surface area contributed by atoms with Crippen LogP contribution in [0.3, 0.4) is 0 Å². The van der Waals surface area contributed by atoms with Crippen LogP contribution in [0.1, 0.15) is 39.0 Å². The van der Waals surface area contributed by atoms with Crippen molar-refractivity contribution in [3.63, 3.8) is 0 Å². The van der Waals surface area contributed by atoms with Gasteiger partial charge in [-0.25, -0.2) is 9.37 Å². The Kier molecular flexibility index (Phi) is 3.75. The van der Waals surface area contributed by atoms with Gasteiger partial charge in [0.1, 0.15) is 0 Å². The second kappa shape index (κ2) is 5.28. The Morgan fingerprint density at radius 1 is 1.50 bits per heavy atom. The molecule has 1 aromatic heterocycles. The number of rotatable bonds is 3. The van der Waals surface area contributed by atoms with Crippen LogP contribution >= 0.6 is 0 Å². The third-order valence-electron chi connectivity index (χ3n) is 3.46. The minimum absolute atomic E-state index is 0.249. The van der Waals surface area contributed by atoms with Gasteiger partial charge in [0.2, 0.25) is 0 Å². The number of pyridine rings is 1. The molecule has 0 bridgehead atoms. The van der Waals surface area contributed by atoms with E-state index in [0.29, 0.717) is 11.9 Å². The molecular formula is C13H19FN2. The van der Waals surface area contributed by atoms with Crippen LogP contribution in [0.4, 0.5) is 10.2 Å². The van der Waals surface area contributed by atoms with Crippen molar-refractivity contribution in [1.82, 2.24) is 4.98 Å². The molecule has 88 valence electrons. The van der Waals surface area contributed by atoms with Gasteiger partial charge in [0.25, 0.3) is 0 Å². The maximum Gasteiger partial charge on any atom is 0.165 e. The molecule has 0 amide bonds. The standard InChI is InChI=1S/C13H19FN2/c1-2-10-5-3-6-11(9-10)16-13-12(14)7-4-8-15-13/h4,7-8,10-11H,2-3,5-6,9H2,1H3,(H,15,16). The molecule has 2 atom stereocenters. The largest absolute Gasteiger partial charge is 0.365 e. The normalized spacial score (nSPS) is 25.4. The number of hydrogen-bond acceptors (Lipinski definition) is 2. The molecule has 0 radical (unpaired) electrons. The fourth-order valence-corrected chi connectivity index (χ4v) is 2.48. The van der Waals surface area contributed by atoms with E-state index in [-0.39, 0.29) is 5.82 Å². The molecule has 1 N–H and O–H groups in total. The molecule has 1 saturated carbocycles. The molecule has 3 heteroatoms. The lowest BCUT2D eigenvalue weighted by atomic mass is 9.84. The van der Waals surface area contributed by atoms with Crippen molar-refractivity contribution in [2.45, 2.75) is 45.1 Å². The minimum Gasteiger partial charge on any atom is -0.365 e. The lowest BCUT2D eigenvalue weighted by molar-refractivity contribution is 0.326. The van der Waals surface area contributed by atoms with Crippen LogP contribution in [0.5, 0.6) is 0 Å². The van der Waals surface area contributed by atoms with Gasteiger partial charge in [-0.05, 0) is 30.9 Å². The molecule has 2 rings (SSSR count). The molecule has 0 saturated heterocycles. The van der Waals surface area contributed by atoms with Crippen molar-refractivity contribution in [2.24, 2.45) is 5.92 Å². The number of halogens is 1. The molecule has 1 heterocycles. The fourth-order valence-electron chi connectivity index (χ4n) is 2.48. The molecule has 1 fully saturated rings. The second-order valence-electron chi connectivity index (χ2n) is 4.62. The van der Waals surface area contributed by atoms with Gasteiger partial charge < -0.3 is 5.32 Å². The van der Waals surface area contributed by atoms with E-state index in [1.54, 1.807) is 12.3 Å². The average Bonchev–Trinajstić information content (AvgIpc) is 2.32. The summed E-state index contributed by atoms with van der Waals surface area (Å²) in [6.45, 7) is 2.23. The van der Waals surface area contributed by atoms with E-state index in [1.807, 2.05) is 0 Å². The Balaban J connectivity index is 1.97. The maximum atomic E-state index is 13.4. The molecule has 2 unspecified atom stereocenters. The van der Waals surface area contributed by atoms with Gasteiger partial charge in [0, 0.05) is 12.2 Å². The Labute approximate surface area is 96.3 Å². The van der Waals surface area contributed by atoms with Crippen LogP contribution in [-0.4, -0.2) is 11.0 Å². The summed E-state index contributed by atoms with van der Waals surface area (Å²) in [5.74, 6) is 0.948. The molecule has 0 aromatic carbocycles. The molecule has 1 aliphatic carbocycles. The fraction of sp³-hybridized carbons (Fsp3) is 0.615. The topological polar surface area (TPSA) is 24.9 Å². The van der Waals surface area contributed by atoms with Crippen LogP contribution < -0.4 is 5.32 Å². The molecule has 1 aliphatic rings. The summed E-state index contributed by atoms with van der Waals surface area (Å²) >= 11 is 0. The molecular weight excluding hydrogens is 203 g/mol. The number of hydrogen-bond donors (Lipinski definition) is 1. The van der Waals surface area contributed by atoms with Crippen LogP contribution in [0.25, 0.3) is 0 Å². The first kappa shape index (κ1) is 11.4. The Bertz CT molecular complexity index is 340. The van der Waals surface area contributed by atoms with Crippen LogP contribution in [0.15, 0.2) is 18.3 Å². The summed E-state index contributed by atoms with van der Waals surface area (Å²) in [6.07, 6.45) is 7.69. The van der Waals surface area contributed by atoms with Gasteiger partial charge >= 0.3 is 0 Å². The van der Waals surface area contributed by atoms with Gasteiger partial charge in [-0.15, -0.1) is 0 Å². The second-order valence-corrected chi connectivity index (χ2v) is 4.62. The predicted octanol–water partition coefficient (Wildman–Crippen LogP) is 3.60. The van der Waals surface area contributed by atoms with Crippen molar-refractivity contribution in [3.8, 4) is 0 Å². The van der Waals surface area contributed by atoms with Crippen molar-refractivity contribution in [3.05, 3.63) is 24.1 Å². The monoisotopic (exact) mass is 222 g/mol. The zero-order valence-electron chi connectivity index (χ0n) is 9.75. The highest BCUT2D eigenvalue weighted by Crippen LogP contribution is 2.28. The number of anilines is 1. The SMILES string of the molecule is CCC1CCCC(Nc2ncccc2F)C1. The van der Waals surface area contributed by atoms with E-state index in [9.17, 15) is 4.39 Å². The van der Waals surface area contributed by atoms with E-state index < -0.39 is 0 Å². The highest BCUT2D eigenvalue weighted by atomic mass is 19.1. The van der Waals surface area contributed by atoms with E-state index in [0.717, 1.165) is 18.8 Å². The highest BCUT2D eigenvalue weighted by molar-refractivity contribution is 5.36. The first-order chi connectivity index (χ1) is 7.79. The zero-order chi connectivity index (χ0) is 11.4. The van der Waals surface area contributed by atoms with Crippen molar-refractivity contribution < 1.29 is 4.39 Å². The average molecular weight is 222 g/mol. The lowest BCUT2D eigenvalue weighted by Gasteiger charge is -2.29. The quantitative estimate of drug-likeness (QED) is 0.845. The van der Waals surface area contributed by atoms with Crippen LogP contribution in [0, 0.1) is 11.7 Å². The number of nitrogens with zero attached hydrogens (tertiary/aromatic N) is 1. The summed E-state index contributed by atoms with van der Waals surface area (Å²) in [5, 5.41) is 3.23. The van der Waals surface area contributed by atoms with Gasteiger partial charge in [-0.1, -0.05) is 26.2 Å². The van der Waals surface area contributed by atoms with Gasteiger partial charge in [0.05, 0.1) is 0 Å². The summed E-state index contributed by atoms with van der Waals surface area (Å²) in [5.41, 5.74) is 0. The van der Waals surface area contributed by atoms with Crippen LogP contribution in [0.2, 0.25) is 0 Å². The smallest absolute Gasteiger partial charge is 0.165 e. The highest BCUT2D eigenvalue weighted by Gasteiger charge is 2.21. The summed E-state index contributed by atoms with van der Waals surface area (Å²) in [6, 6.07) is 3.47. The molecule has 0 aliphatic heterocycles. The summed E-state index contributed by atoms with van der Waals surface area (Å²) in [4.78, 5) is 4.04. The van der Waals surface area contributed by atoms with Crippen LogP contribution in [-0.2, 0) is 0 Å². The first-order valence-corrected chi connectivity index (χ1v) is 6.16. The Morgan fingerprint density at radius 3 is 3.12 bits per heavy atom. The van der Waals surface area contributed by atoms with Gasteiger partial charge in [-0.3, -0.25) is 0 Å². The zero-order valence-corrected chi connectivity index (χ0v) is 9.75. The molecule has 1 aromatic rings. The third kappa shape index (κ3) is 2.71. The van der Waals surface area contributed by atoms with Crippen molar-refractivity contribution in [1.29, 1.82) is 0 Å².